The van der Waals surface area contributed by atoms with Crippen LogP contribution in [0.5, 0.6) is 0 Å². The second-order valence-electron chi connectivity index (χ2n) is 4.27. The molecule has 0 amide bonds. The molecule has 1 aliphatic heterocycles. The SMILES string of the molecule is C=C(Br)C[C@@H]1N=C(OC)[C@@H](C(C)C)N=C1OC. The lowest BCUT2D eigenvalue weighted by molar-refractivity contribution is 0.333. The highest BCUT2D eigenvalue weighted by molar-refractivity contribution is 9.11. The van der Waals surface area contributed by atoms with Gasteiger partial charge < -0.3 is 9.47 Å². The van der Waals surface area contributed by atoms with Crippen molar-refractivity contribution in [1.29, 1.82) is 0 Å². The Kier molecular flexibility index (Phi) is 5.18. The van der Waals surface area contributed by atoms with Crippen molar-refractivity contribution in [2.45, 2.75) is 32.4 Å². The third-order valence-corrected chi connectivity index (χ3v) is 2.88. The van der Waals surface area contributed by atoms with Gasteiger partial charge in [-0.25, -0.2) is 9.98 Å². The molecule has 0 saturated heterocycles. The van der Waals surface area contributed by atoms with E-state index in [9.17, 15) is 0 Å². The fraction of sp³-hybridized carbons (Fsp3) is 0.667. The maximum absolute atomic E-state index is 5.31. The van der Waals surface area contributed by atoms with E-state index in [1.54, 1.807) is 14.2 Å². The van der Waals surface area contributed by atoms with Gasteiger partial charge in [-0.1, -0.05) is 36.4 Å². The molecule has 0 fully saturated rings. The quantitative estimate of drug-likeness (QED) is 0.804. The first-order valence-corrected chi connectivity index (χ1v) is 6.35. The summed E-state index contributed by atoms with van der Waals surface area (Å²) >= 11 is 3.34. The van der Waals surface area contributed by atoms with Crippen LogP contribution in [-0.2, 0) is 9.47 Å². The van der Waals surface area contributed by atoms with Crippen LogP contribution in [0.3, 0.4) is 0 Å². The minimum absolute atomic E-state index is 0.0604. The summed E-state index contributed by atoms with van der Waals surface area (Å²) in [5.41, 5.74) is 0. The molecule has 0 N–H and O–H groups in total. The fourth-order valence-electron chi connectivity index (χ4n) is 1.70. The number of aliphatic imine (C=N–C) groups is 2. The van der Waals surface area contributed by atoms with E-state index >= 15 is 0 Å². The Hall–Kier alpha value is -0.840. The van der Waals surface area contributed by atoms with Gasteiger partial charge in [0.2, 0.25) is 11.8 Å². The first-order chi connectivity index (χ1) is 7.99. The zero-order valence-electron chi connectivity index (χ0n) is 10.7. The Morgan fingerprint density at radius 3 is 2.29 bits per heavy atom. The van der Waals surface area contributed by atoms with Gasteiger partial charge >= 0.3 is 0 Å². The van der Waals surface area contributed by atoms with Crippen LogP contribution in [-0.4, -0.2) is 38.1 Å². The first-order valence-electron chi connectivity index (χ1n) is 5.56. The molecule has 0 aromatic heterocycles. The van der Waals surface area contributed by atoms with Crippen molar-refractivity contribution in [2.75, 3.05) is 14.2 Å². The fourth-order valence-corrected chi connectivity index (χ4v) is 2.01. The summed E-state index contributed by atoms with van der Waals surface area (Å²) in [6.07, 6.45) is 0.657. The number of ether oxygens (including phenoxy) is 2. The molecule has 5 heteroatoms. The molecule has 0 aromatic rings. The van der Waals surface area contributed by atoms with Gasteiger partial charge in [-0.2, -0.15) is 0 Å². The van der Waals surface area contributed by atoms with Crippen LogP contribution in [0.15, 0.2) is 21.0 Å². The van der Waals surface area contributed by atoms with Crippen molar-refractivity contribution in [2.24, 2.45) is 15.9 Å². The second kappa shape index (κ2) is 6.19. The highest BCUT2D eigenvalue weighted by Gasteiger charge is 2.30. The Bertz CT molecular complexity index is 350. The number of hydrogen-bond acceptors (Lipinski definition) is 4. The summed E-state index contributed by atoms with van der Waals surface area (Å²) in [4.78, 5) is 9.11. The van der Waals surface area contributed by atoms with Crippen LogP contribution in [0.4, 0.5) is 0 Å². The molecule has 0 saturated carbocycles. The summed E-state index contributed by atoms with van der Waals surface area (Å²) < 4.78 is 11.5. The number of halogens is 1. The van der Waals surface area contributed by atoms with Gasteiger partial charge in [0.15, 0.2) is 0 Å². The smallest absolute Gasteiger partial charge is 0.209 e. The minimum Gasteiger partial charge on any atom is -0.483 e. The van der Waals surface area contributed by atoms with E-state index < -0.39 is 0 Å². The van der Waals surface area contributed by atoms with Crippen molar-refractivity contribution < 1.29 is 9.47 Å². The van der Waals surface area contributed by atoms with E-state index in [0.29, 0.717) is 24.1 Å². The van der Waals surface area contributed by atoms with Gasteiger partial charge in [0.25, 0.3) is 0 Å². The molecule has 0 radical (unpaired) electrons. The average Bonchev–Trinajstić information content (AvgIpc) is 2.27. The maximum Gasteiger partial charge on any atom is 0.209 e. The Morgan fingerprint density at radius 2 is 1.88 bits per heavy atom. The van der Waals surface area contributed by atoms with Crippen molar-refractivity contribution in [1.82, 2.24) is 0 Å². The number of nitrogens with zero attached hydrogens (tertiary/aromatic N) is 2. The Morgan fingerprint density at radius 1 is 1.29 bits per heavy atom. The number of rotatable bonds is 3. The third kappa shape index (κ3) is 3.56. The van der Waals surface area contributed by atoms with Gasteiger partial charge in [-0.15, -0.1) is 0 Å². The third-order valence-electron chi connectivity index (χ3n) is 2.55. The second-order valence-corrected chi connectivity index (χ2v) is 5.39. The molecule has 0 spiro atoms. The summed E-state index contributed by atoms with van der Waals surface area (Å²) in [5, 5.41) is 0. The number of hydrogen-bond donors (Lipinski definition) is 0. The van der Waals surface area contributed by atoms with Crippen molar-refractivity contribution in [3.05, 3.63) is 11.1 Å². The van der Waals surface area contributed by atoms with E-state index in [1.807, 2.05) is 0 Å². The molecule has 1 rings (SSSR count). The summed E-state index contributed by atoms with van der Waals surface area (Å²) in [6.45, 7) is 7.99. The van der Waals surface area contributed by atoms with Gasteiger partial charge in [0.05, 0.1) is 14.2 Å². The first kappa shape index (κ1) is 14.2. The molecule has 0 aromatic carbocycles. The van der Waals surface area contributed by atoms with Gasteiger partial charge in [-0.3, -0.25) is 0 Å². The highest BCUT2D eigenvalue weighted by Crippen LogP contribution is 2.22. The summed E-state index contributed by atoms with van der Waals surface area (Å²) in [7, 11) is 3.25. The van der Waals surface area contributed by atoms with E-state index in [1.165, 1.54) is 0 Å². The van der Waals surface area contributed by atoms with Gasteiger partial charge in [-0.05, 0) is 10.4 Å². The molecule has 4 nitrogen and oxygen atoms in total. The van der Waals surface area contributed by atoms with Gasteiger partial charge in [0.1, 0.15) is 12.1 Å². The van der Waals surface area contributed by atoms with Crippen LogP contribution in [0.25, 0.3) is 0 Å². The highest BCUT2D eigenvalue weighted by atomic mass is 79.9. The summed E-state index contributed by atoms with van der Waals surface area (Å²) in [5.74, 6) is 1.64. The average molecular weight is 303 g/mol. The van der Waals surface area contributed by atoms with Crippen LogP contribution in [0.1, 0.15) is 20.3 Å². The summed E-state index contributed by atoms with van der Waals surface area (Å²) in [6, 6.07) is -0.202. The predicted molar refractivity (Wildman–Crippen MR) is 74.0 cm³/mol. The Labute approximate surface area is 111 Å². The van der Waals surface area contributed by atoms with Crippen molar-refractivity contribution in [3.8, 4) is 0 Å². The predicted octanol–water partition coefficient (Wildman–Crippen LogP) is 2.78. The molecule has 0 bridgehead atoms. The molecule has 0 unspecified atom stereocenters. The van der Waals surface area contributed by atoms with Crippen molar-refractivity contribution >= 4 is 27.7 Å². The zero-order chi connectivity index (χ0) is 13.0. The lowest BCUT2D eigenvalue weighted by atomic mass is 10.0. The van der Waals surface area contributed by atoms with Crippen molar-refractivity contribution in [3.63, 3.8) is 0 Å². The molecular formula is C12H19BrN2O2. The molecule has 1 aliphatic rings. The van der Waals surface area contributed by atoms with Crippen LogP contribution < -0.4 is 0 Å². The molecule has 0 aliphatic carbocycles. The molecule has 1 heterocycles. The minimum atomic E-state index is -0.142. The van der Waals surface area contributed by atoms with E-state index in [4.69, 9.17) is 9.47 Å². The standard InChI is InChI=1S/C12H19BrN2O2/c1-7(2)10-12(17-5)14-9(6-8(3)13)11(15-10)16-4/h7,9-10H,3,6H2,1-2,4-5H3/t9-,10+/m0/s1. The van der Waals surface area contributed by atoms with E-state index in [2.05, 4.69) is 46.3 Å². The topological polar surface area (TPSA) is 43.2 Å². The lowest BCUT2D eigenvalue weighted by Gasteiger charge is -2.26. The van der Waals surface area contributed by atoms with E-state index in [0.717, 1.165) is 4.48 Å². The largest absolute Gasteiger partial charge is 0.483 e. The molecular weight excluding hydrogens is 284 g/mol. The lowest BCUT2D eigenvalue weighted by Crippen LogP contribution is -2.37. The van der Waals surface area contributed by atoms with E-state index in [-0.39, 0.29) is 12.1 Å². The molecule has 2 atom stereocenters. The maximum atomic E-state index is 5.31. The molecule has 17 heavy (non-hydrogen) atoms. The van der Waals surface area contributed by atoms with Crippen LogP contribution in [0.2, 0.25) is 0 Å². The zero-order valence-corrected chi connectivity index (χ0v) is 12.3. The van der Waals surface area contributed by atoms with Crippen LogP contribution in [0, 0.1) is 5.92 Å². The number of methoxy groups -OCH3 is 2. The normalized spacial score (nSPS) is 24.1. The van der Waals surface area contributed by atoms with Crippen LogP contribution >= 0.6 is 15.9 Å². The monoisotopic (exact) mass is 302 g/mol. The van der Waals surface area contributed by atoms with Gasteiger partial charge in [0, 0.05) is 6.42 Å². The Balaban J connectivity index is 2.97. The molecule has 96 valence electrons.